The number of rotatable bonds is 1. The van der Waals surface area contributed by atoms with Gasteiger partial charge in [-0.25, -0.2) is 0 Å². The Balaban J connectivity index is 0. The molecule has 0 aromatic heterocycles. The topological polar surface area (TPSA) is 40.5 Å². The molecule has 0 aliphatic rings. The molecular formula is C12H22O2. The number of para-hydroxylation sites is 1. The lowest BCUT2D eigenvalue weighted by molar-refractivity contribution is 0.399. The molecule has 2 heteroatoms. The maximum Gasteiger partial charge on any atom is 0.118 e. The minimum atomic E-state index is 0.403. The Morgan fingerprint density at radius 3 is 1.71 bits per heavy atom. The number of phenolic OH excluding ortho intramolecular Hbond substituents is 1. The van der Waals surface area contributed by atoms with E-state index < -0.39 is 0 Å². The lowest BCUT2D eigenvalue weighted by atomic mass is 10.1. The third kappa shape index (κ3) is 7.62. The molecule has 0 saturated heterocycles. The Kier molecular flexibility index (Phi) is 13.2. The highest BCUT2D eigenvalue weighted by Crippen LogP contribution is 2.14. The first-order valence-electron chi connectivity index (χ1n) is 4.97. The van der Waals surface area contributed by atoms with Crippen LogP contribution in [0.4, 0.5) is 0 Å². The van der Waals surface area contributed by atoms with Crippen molar-refractivity contribution >= 4 is 0 Å². The van der Waals surface area contributed by atoms with Gasteiger partial charge in [0, 0.05) is 7.11 Å². The second-order valence-corrected chi connectivity index (χ2v) is 2.69. The number of aliphatic hydroxyl groups excluding tert-OH is 1. The molecule has 2 nitrogen and oxygen atoms in total. The first-order chi connectivity index (χ1) is 6.76. The van der Waals surface area contributed by atoms with Crippen molar-refractivity contribution < 1.29 is 10.2 Å². The van der Waals surface area contributed by atoms with Crippen LogP contribution in [0.1, 0.15) is 32.8 Å². The highest BCUT2D eigenvalue weighted by atomic mass is 16.3. The van der Waals surface area contributed by atoms with Crippen molar-refractivity contribution in [2.45, 2.75) is 33.6 Å². The fraction of sp³-hybridized carbons (Fsp3) is 0.500. The van der Waals surface area contributed by atoms with E-state index in [0.717, 1.165) is 19.1 Å². The smallest absolute Gasteiger partial charge is 0.118 e. The van der Waals surface area contributed by atoms with Crippen LogP contribution in [0.15, 0.2) is 24.3 Å². The molecule has 1 aromatic rings. The van der Waals surface area contributed by atoms with Gasteiger partial charge in [0.05, 0.1) is 0 Å². The van der Waals surface area contributed by atoms with Crippen LogP contribution in [-0.4, -0.2) is 17.3 Å². The molecule has 0 heterocycles. The molecule has 2 N–H and O–H groups in total. The van der Waals surface area contributed by atoms with Crippen molar-refractivity contribution in [2.24, 2.45) is 0 Å². The molecule has 0 bridgehead atoms. The van der Waals surface area contributed by atoms with Crippen LogP contribution in [0.3, 0.4) is 0 Å². The largest absolute Gasteiger partial charge is 0.508 e. The molecule has 82 valence electrons. The van der Waals surface area contributed by atoms with Crippen molar-refractivity contribution in [3.05, 3.63) is 29.8 Å². The summed E-state index contributed by atoms with van der Waals surface area (Å²) in [7, 11) is 1.00. The van der Waals surface area contributed by atoms with Gasteiger partial charge in [-0.05, 0) is 18.1 Å². The third-order valence-corrected chi connectivity index (χ3v) is 1.37. The van der Waals surface area contributed by atoms with Gasteiger partial charge in [0.2, 0.25) is 0 Å². The zero-order chi connectivity index (χ0) is 11.4. The van der Waals surface area contributed by atoms with Gasteiger partial charge in [0.25, 0.3) is 0 Å². The van der Waals surface area contributed by atoms with Crippen molar-refractivity contribution in [3.63, 3.8) is 0 Å². The average molecular weight is 198 g/mol. The first-order valence-corrected chi connectivity index (χ1v) is 4.97. The van der Waals surface area contributed by atoms with Gasteiger partial charge in [-0.1, -0.05) is 45.4 Å². The van der Waals surface area contributed by atoms with E-state index in [1.807, 2.05) is 25.1 Å². The molecule has 0 radical (unpaired) electrons. The Hall–Kier alpha value is -1.02. The van der Waals surface area contributed by atoms with Gasteiger partial charge in [-0.2, -0.15) is 0 Å². The monoisotopic (exact) mass is 198 g/mol. The summed E-state index contributed by atoms with van der Waals surface area (Å²) in [6.45, 7) is 6.27. The van der Waals surface area contributed by atoms with E-state index in [1.54, 1.807) is 6.07 Å². The summed E-state index contributed by atoms with van der Waals surface area (Å²) in [5, 5.41) is 16.1. The Morgan fingerprint density at radius 2 is 1.43 bits per heavy atom. The summed E-state index contributed by atoms with van der Waals surface area (Å²) in [5.41, 5.74) is 1.01. The van der Waals surface area contributed by atoms with Gasteiger partial charge in [-0.15, -0.1) is 0 Å². The fourth-order valence-electron chi connectivity index (χ4n) is 0.810. The van der Waals surface area contributed by atoms with Crippen molar-refractivity contribution in [1.29, 1.82) is 0 Å². The molecule has 1 aromatic carbocycles. The van der Waals surface area contributed by atoms with Crippen LogP contribution in [0.25, 0.3) is 0 Å². The molecule has 0 aliphatic carbocycles. The highest BCUT2D eigenvalue weighted by molar-refractivity contribution is 5.31. The average Bonchev–Trinajstić information content (AvgIpc) is 2.23. The van der Waals surface area contributed by atoms with Crippen LogP contribution in [0.2, 0.25) is 0 Å². The Bertz CT molecular complexity index is 209. The highest BCUT2D eigenvalue weighted by Gasteiger charge is 1.92. The molecule has 1 rings (SSSR count). The second-order valence-electron chi connectivity index (χ2n) is 2.69. The third-order valence-electron chi connectivity index (χ3n) is 1.37. The van der Waals surface area contributed by atoms with Gasteiger partial charge in [0.15, 0.2) is 0 Å². The molecule has 14 heavy (non-hydrogen) atoms. The number of hydrogen-bond acceptors (Lipinski definition) is 2. The van der Waals surface area contributed by atoms with Crippen LogP contribution in [0.5, 0.6) is 5.75 Å². The first kappa shape index (κ1) is 15.5. The molecule has 0 spiro atoms. The molecule has 0 fully saturated rings. The van der Waals surface area contributed by atoms with E-state index in [2.05, 4.69) is 13.8 Å². The molecular weight excluding hydrogens is 176 g/mol. The summed E-state index contributed by atoms with van der Waals surface area (Å²) in [6, 6.07) is 7.39. The van der Waals surface area contributed by atoms with Crippen molar-refractivity contribution in [3.8, 4) is 5.75 Å². The van der Waals surface area contributed by atoms with Crippen LogP contribution < -0.4 is 0 Å². The number of aromatic hydroxyl groups is 1. The fourth-order valence-corrected chi connectivity index (χ4v) is 0.810. The van der Waals surface area contributed by atoms with E-state index >= 15 is 0 Å². The predicted molar refractivity (Wildman–Crippen MR) is 61.6 cm³/mol. The van der Waals surface area contributed by atoms with Crippen molar-refractivity contribution in [1.82, 2.24) is 0 Å². The van der Waals surface area contributed by atoms with Gasteiger partial charge in [-0.3, -0.25) is 0 Å². The molecule has 0 saturated carbocycles. The SMILES string of the molecule is CCC.CCc1ccccc1O.CO. The minimum Gasteiger partial charge on any atom is -0.508 e. The summed E-state index contributed by atoms with van der Waals surface area (Å²) in [5.74, 6) is 0.403. The molecule has 0 aliphatic heterocycles. The Labute approximate surface area is 87.2 Å². The summed E-state index contributed by atoms with van der Waals surface area (Å²) < 4.78 is 0. The molecule has 0 unspecified atom stereocenters. The van der Waals surface area contributed by atoms with Crippen LogP contribution in [0, 0.1) is 0 Å². The van der Waals surface area contributed by atoms with Gasteiger partial charge in [0.1, 0.15) is 5.75 Å². The lowest BCUT2D eigenvalue weighted by Gasteiger charge is -1.97. The zero-order valence-electron chi connectivity index (χ0n) is 9.62. The van der Waals surface area contributed by atoms with Gasteiger partial charge < -0.3 is 10.2 Å². The summed E-state index contributed by atoms with van der Waals surface area (Å²) >= 11 is 0. The standard InChI is InChI=1S/C8H10O.C3H8.CH4O/c1-2-7-5-3-4-6-8(7)9;1-3-2;1-2/h3-6,9H,2H2,1H3;3H2,1-2H3;2H,1H3. The predicted octanol–water partition coefficient (Wildman–Crippen LogP) is 2.98. The van der Waals surface area contributed by atoms with Gasteiger partial charge >= 0.3 is 0 Å². The van der Waals surface area contributed by atoms with E-state index in [4.69, 9.17) is 10.2 Å². The Morgan fingerprint density at radius 1 is 1.00 bits per heavy atom. The van der Waals surface area contributed by atoms with E-state index in [0.29, 0.717) is 5.75 Å². The quantitative estimate of drug-likeness (QED) is 0.728. The number of hydrogen-bond donors (Lipinski definition) is 2. The molecule has 0 atom stereocenters. The normalized spacial score (nSPS) is 7.79. The van der Waals surface area contributed by atoms with E-state index in [-0.39, 0.29) is 0 Å². The van der Waals surface area contributed by atoms with Crippen molar-refractivity contribution in [2.75, 3.05) is 7.11 Å². The number of phenols is 1. The van der Waals surface area contributed by atoms with E-state index in [9.17, 15) is 0 Å². The number of aliphatic hydroxyl groups is 1. The summed E-state index contributed by atoms with van der Waals surface area (Å²) in [4.78, 5) is 0. The van der Waals surface area contributed by atoms with Crippen LogP contribution in [-0.2, 0) is 6.42 Å². The maximum atomic E-state index is 9.11. The number of benzene rings is 1. The molecule has 0 amide bonds. The zero-order valence-corrected chi connectivity index (χ0v) is 9.62. The van der Waals surface area contributed by atoms with Crippen LogP contribution >= 0.6 is 0 Å². The minimum absolute atomic E-state index is 0.403. The number of aryl methyl sites for hydroxylation is 1. The maximum absolute atomic E-state index is 9.11. The van der Waals surface area contributed by atoms with E-state index in [1.165, 1.54) is 6.42 Å². The lowest BCUT2D eigenvalue weighted by Crippen LogP contribution is -1.77. The second kappa shape index (κ2) is 12.0. The summed E-state index contributed by atoms with van der Waals surface area (Å²) in [6.07, 6.45) is 2.15.